The number of anilines is 1. The normalized spacial score (nSPS) is 12.2. The van der Waals surface area contributed by atoms with Crippen LogP contribution in [0.1, 0.15) is 43.9 Å². The van der Waals surface area contributed by atoms with Crippen molar-refractivity contribution >= 4 is 27.5 Å². The molecule has 1 atom stereocenters. The summed E-state index contributed by atoms with van der Waals surface area (Å²) in [6.07, 6.45) is 0.387. The summed E-state index contributed by atoms with van der Waals surface area (Å²) in [5, 5.41) is 2.95. The minimum atomic E-state index is -4.07. The third-order valence-corrected chi connectivity index (χ3v) is 8.39. The number of amides is 2. The van der Waals surface area contributed by atoms with E-state index in [1.54, 1.807) is 54.6 Å². The molecule has 0 aliphatic rings. The molecule has 0 unspecified atom stereocenters. The van der Waals surface area contributed by atoms with Gasteiger partial charge < -0.3 is 10.2 Å². The summed E-state index contributed by atoms with van der Waals surface area (Å²) >= 11 is 0. The maximum absolute atomic E-state index is 14.1. The Labute approximate surface area is 232 Å². The van der Waals surface area contributed by atoms with Gasteiger partial charge >= 0.3 is 0 Å². The molecule has 8 heteroatoms. The zero-order valence-corrected chi connectivity index (χ0v) is 24.2. The molecule has 1 N–H and O–H groups in total. The molecule has 0 aromatic heterocycles. The molecule has 3 aromatic carbocycles. The van der Waals surface area contributed by atoms with E-state index in [9.17, 15) is 18.0 Å². The van der Waals surface area contributed by atoms with E-state index in [0.717, 1.165) is 21.0 Å². The predicted octanol–water partition coefficient (Wildman–Crippen LogP) is 5.08. The number of aryl methyl sites for hydroxylation is 2. The Morgan fingerprint density at radius 3 is 2.08 bits per heavy atom. The first-order valence-electron chi connectivity index (χ1n) is 13.3. The van der Waals surface area contributed by atoms with Crippen LogP contribution in [-0.2, 0) is 26.2 Å². The lowest BCUT2D eigenvalue weighted by Crippen LogP contribution is -2.52. The fourth-order valence-corrected chi connectivity index (χ4v) is 5.69. The molecule has 0 saturated carbocycles. The van der Waals surface area contributed by atoms with Crippen molar-refractivity contribution in [3.63, 3.8) is 0 Å². The largest absolute Gasteiger partial charge is 0.354 e. The summed E-state index contributed by atoms with van der Waals surface area (Å²) in [4.78, 5) is 28.9. The molecule has 0 aliphatic heterocycles. The van der Waals surface area contributed by atoms with Gasteiger partial charge in [-0.1, -0.05) is 80.9 Å². The number of nitrogens with one attached hydrogen (secondary N) is 1. The first kappa shape index (κ1) is 29.9. The van der Waals surface area contributed by atoms with E-state index in [0.29, 0.717) is 18.7 Å². The van der Waals surface area contributed by atoms with E-state index >= 15 is 0 Å². The minimum absolute atomic E-state index is 0.0944. The van der Waals surface area contributed by atoms with Gasteiger partial charge in [0.05, 0.1) is 10.6 Å². The van der Waals surface area contributed by atoms with Crippen molar-refractivity contribution in [2.75, 3.05) is 17.4 Å². The molecule has 0 fully saturated rings. The Hall–Kier alpha value is -3.65. The molecule has 0 bridgehead atoms. The number of nitrogens with zero attached hydrogens (tertiary/aromatic N) is 2. The Kier molecular flexibility index (Phi) is 10.3. The van der Waals surface area contributed by atoms with Crippen molar-refractivity contribution in [2.45, 2.75) is 58.5 Å². The fraction of sp³-hybridized carbons (Fsp3) is 0.355. The molecule has 0 saturated heterocycles. The minimum Gasteiger partial charge on any atom is -0.354 e. The van der Waals surface area contributed by atoms with E-state index < -0.39 is 28.5 Å². The van der Waals surface area contributed by atoms with Crippen molar-refractivity contribution < 1.29 is 18.0 Å². The Bertz CT molecular complexity index is 1360. The third kappa shape index (κ3) is 7.69. The zero-order valence-electron chi connectivity index (χ0n) is 23.4. The number of rotatable bonds is 12. The van der Waals surface area contributed by atoms with Gasteiger partial charge in [-0.25, -0.2) is 8.42 Å². The summed E-state index contributed by atoms with van der Waals surface area (Å²) in [6, 6.07) is 22.1. The molecule has 208 valence electrons. The molecule has 3 aromatic rings. The van der Waals surface area contributed by atoms with Gasteiger partial charge in [0.2, 0.25) is 11.8 Å². The van der Waals surface area contributed by atoms with Crippen LogP contribution in [0.15, 0.2) is 83.8 Å². The predicted molar refractivity (Wildman–Crippen MR) is 156 cm³/mol. The number of benzene rings is 3. The number of para-hydroxylation sites is 1. The lowest BCUT2D eigenvalue weighted by Gasteiger charge is -2.33. The summed E-state index contributed by atoms with van der Waals surface area (Å²) < 4.78 is 28.8. The summed E-state index contributed by atoms with van der Waals surface area (Å²) in [6.45, 7) is 9.93. The number of sulfonamides is 1. The second-order valence-corrected chi connectivity index (χ2v) is 12.0. The van der Waals surface area contributed by atoms with E-state index in [2.05, 4.69) is 5.32 Å². The molecule has 39 heavy (non-hydrogen) atoms. The molecule has 3 rings (SSSR count). The van der Waals surface area contributed by atoms with Crippen LogP contribution in [0.25, 0.3) is 0 Å². The maximum Gasteiger partial charge on any atom is 0.264 e. The molecule has 0 radical (unpaired) electrons. The average molecular weight is 550 g/mol. The van der Waals surface area contributed by atoms with Gasteiger partial charge in [0.15, 0.2) is 0 Å². The topological polar surface area (TPSA) is 86.8 Å². The van der Waals surface area contributed by atoms with Gasteiger partial charge in [0.25, 0.3) is 10.0 Å². The Morgan fingerprint density at radius 1 is 0.872 bits per heavy atom. The van der Waals surface area contributed by atoms with Crippen molar-refractivity contribution in [3.8, 4) is 0 Å². The van der Waals surface area contributed by atoms with Crippen molar-refractivity contribution in [2.24, 2.45) is 5.92 Å². The summed E-state index contributed by atoms with van der Waals surface area (Å²) in [7, 11) is -4.07. The molecule has 0 spiro atoms. The average Bonchev–Trinajstić information content (AvgIpc) is 2.92. The van der Waals surface area contributed by atoms with E-state index in [1.807, 2.05) is 58.9 Å². The van der Waals surface area contributed by atoms with Crippen LogP contribution in [0.2, 0.25) is 0 Å². The highest BCUT2D eigenvalue weighted by atomic mass is 32.2. The first-order chi connectivity index (χ1) is 18.5. The van der Waals surface area contributed by atoms with Gasteiger partial charge in [-0.15, -0.1) is 0 Å². The molecule has 0 heterocycles. The van der Waals surface area contributed by atoms with Crippen LogP contribution >= 0.6 is 0 Å². The van der Waals surface area contributed by atoms with E-state index in [1.165, 1.54) is 4.90 Å². The summed E-state index contributed by atoms with van der Waals surface area (Å²) in [5.41, 5.74) is 3.19. The highest BCUT2D eigenvalue weighted by Crippen LogP contribution is 2.25. The van der Waals surface area contributed by atoms with Crippen LogP contribution in [0.4, 0.5) is 5.69 Å². The van der Waals surface area contributed by atoms with Gasteiger partial charge in [-0.05, 0) is 61.6 Å². The smallest absolute Gasteiger partial charge is 0.264 e. The third-order valence-electron chi connectivity index (χ3n) is 6.60. The van der Waals surface area contributed by atoms with Gasteiger partial charge in [0, 0.05) is 13.1 Å². The van der Waals surface area contributed by atoms with Gasteiger partial charge in [-0.3, -0.25) is 13.9 Å². The first-order valence-corrected chi connectivity index (χ1v) is 14.7. The van der Waals surface area contributed by atoms with Gasteiger partial charge in [0.1, 0.15) is 12.6 Å². The number of hydrogen-bond acceptors (Lipinski definition) is 4. The Balaban J connectivity index is 2.03. The lowest BCUT2D eigenvalue weighted by molar-refractivity contribution is -0.140. The highest BCUT2D eigenvalue weighted by Gasteiger charge is 2.33. The highest BCUT2D eigenvalue weighted by molar-refractivity contribution is 7.92. The lowest BCUT2D eigenvalue weighted by atomic mass is 10.1. The molecular formula is C31H39N3O4S. The van der Waals surface area contributed by atoms with Crippen LogP contribution in [0.5, 0.6) is 0 Å². The van der Waals surface area contributed by atoms with Crippen molar-refractivity contribution in [1.29, 1.82) is 0 Å². The summed E-state index contributed by atoms with van der Waals surface area (Å²) in [5.74, 6) is -0.453. The van der Waals surface area contributed by atoms with Crippen LogP contribution in [-0.4, -0.2) is 44.3 Å². The van der Waals surface area contributed by atoms with E-state index in [-0.39, 0.29) is 23.3 Å². The van der Waals surface area contributed by atoms with Crippen LogP contribution in [0, 0.1) is 19.8 Å². The van der Waals surface area contributed by atoms with E-state index in [4.69, 9.17) is 0 Å². The molecule has 7 nitrogen and oxygen atoms in total. The number of carbonyl (C=O) groups is 2. The fourth-order valence-electron chi connectivity index (χ4n) is 4.27. The zero-order chi connectivity index (χ0) is 28.6. The van der Waals surface area contributed by atoms with Crippen LogP contribution in [0.3, 0.4) is 0 Å². The van der Waals surface area contributed by atoms with Crippen molar-refractivity contribution in [1.82, 2.24) is 10.2 Å². The standard InChI is InChI=1S/C31H39N3O4S/c1-6-29(31(36)32-20-23(2)3)33(21-26-13-11-10-12-25(26)5)30(35)22-34(27-14-8-7-9-15-27)39(37,38)28-18-16-24(4)17-19-28/h7-19,23,29H,6,20-22H2,1-5H3,(H,32,36)/t29-/m0/s1. The molecule has 2 amide bonds. The van der Waals surface area contributed by atoms with Crippen LogP contribution < -0.4 is 9.62 Å². The quantitative estimate of drug-likeness (QED) is 0.341. The second kappa shape index (κ2) is 13.4. The SMILES string of the molecule is CC[C@@H](C(=O)NCC(C)C)N(Cc1ccccc1C)C(=O)CN(c1ccccc1)S(=O)(=O)c1ccc(C)cc1. The van der Waals surface area contributed by atoms with Crippen molar-refractivity contribution in [3.05, 3.63) is 95.6 Å². The molecule has 0 aliphatic carbocycles. The number of hydrogen-bond donors (Lipinski definition) is 1. The second-order valence-electron chi connectivity index (χ2n) is 10.2. The molecular weight excluding hydrogens is 510 g/mol. The Morgan fingerprint density at radius 2 is 1.49 bits per heavy atom. The monoisotopic (exact) mass is 549 g/mol. The van der Waals surface area contributed by atoms with Gasteiger partial charge in [-0.2, -0.15) is 0 Å². The number of carbonyl (C=O) groups excluding carboxylic acids is 2. The maximum atomic E-state index is 14.1.